The van der Waals surface area contributed by atoms with E-state index in [-0.39, 0.29) is 6.10 Å². The first-order chi connectivity index (χ1) is 10.7. The molecule has 0 aliphatic heterocycles. The summed E-state index contributed by atoms with van der Waals surface area (Å²) in [5, 5.41) is 0. The van der Waals surface area contributed by atoms with E-state index in [0.717, 1.165) is 38.0 Å². The molecule has 2 rings (SSSR count). The molecule has 0 radical (unpaired) electrons. The van der Waals surface area contributed by atoms with Crippen LogP contribution < -0.4 is 4.74 Å². The van der Waals surface area contributed by atoms with Crippen LogP contribution in [0.4, 0.5) is 0 Å². The van der Waals surface area contributed by atoms with Gasteiger partial charge in [-0.25, -0.2) is 0 Å². The van der Waals surface area contributed by atoms with Crippen molar-refractivity contribution < 1.29 is 9.47 Å². The van der Waals surface area contributed by atoms with Crippen molar-refractivity contribution in [2.45, 2.75) is 52.6 Å². The number of aryl methyl sites for hydroxylation is 1. The smallest absolute Gasteiger partial charge is 0.119 e. The van der Waals surface area contributed by atoms with Crippen LogP contribution in [0.1, 0.15) is 45.1 Å². The second-order valence-electron chi connectivity index (χ2n) is 5.79. The Kier molecular flexibility index (Phi) is 6.73. The molecule has 0 amide bonds. The van der Waals surface area contributed by atoms with Crippen molar-refractivity contribution in [3.05, 3.63) is 53.1 Å². The van der Waals surface area contributed by atoms with E-state index in [1.165, 1.54) is 16.7 Å². The SMILES string of the molecule is CCC1=CCC(OCCCOc2cccc(C)c2)C=C1CC. The van der Waals surface area contributed by atoms with Crippen molar-refractivity contribution in [3.8, 4) is 5.75 Å². The zero-order valence-corrected chi connectivity index (χ0v) is 14.1. The standard InChI is InChI=1S/C20H28O2/c1-4-17-10-11-20(15-18(17)5-2)22-13-7-12-21-19-9-6-8-16(3)14-19/h6,8-10,14-15,20H,4-5,7,11-13H2,1-3H3. The molecule has 1 aromatic rings. The van der Waals surface area contributed by atoms with Gasteiger partial charge in [0.15, 0.2) is 0 Å². The molecule has 1 aliphatic carbocycles. The second-order valence-corrected chi connectivity index (χ2v) is 5.79. The minimum absolute atomic E-state index is 0.240. The summed E-state index contributed by atoms with van der Waals surface area (Å²) in [6, 6.07) is 8.17. The van der Waals surface area contributed by atoms with Gasteiger partial charge in [0.25, 0.3) is 0 Å². The molecule has 2 nitrogen and oxygen atoms in total. The summed E-state index contributed by atoms with van der Waals surface area (Å²) in [6.07, 6.45) is 9.03. The number of hydrogen-bond acceptors (Lipinski definition) is 2. The third-order valence-electron chi connectivity index (χ3n) is 4.04. The van der Waals surface area contributed by atoms with Crippen molar-refractivity contribution in [2.24, 2.45) is 0 Å². The Bertz CT molecular complexity index is 528. The summed E-state index contributed by atoms with van der Waals surface area (Å²) in [7, 11) is 0. The van der Waals surface area contributed by atoms with Crippen LogP contribution >= 0.6 is 0 Å². The van der Waals surface area contributed by atoms with Gasteiger partial charge in [0.05, 0.1) is 19.3 Å². The van der Waals surface area contributed by atoms with Crippen LogP contribution in [-0.4, -0.2) is 19.3 Å². The molecule has 1 unspecified atom stereocenters. The molecule has 120 valence electrons. The molecule has 0 spiro atoms. The first-order valence-electron chi connectivity index (χ1n) is 8.44. The van der Waals surface area contributed by atoms with Crippen LogP contribution in [0.2, 0.25) is 0 Å². The summed E-state index contributed by atoms with van der Waals surface area (Å²) < 4.78 is 11.7. The van der Waals surface area contributed by atoms with Crippen LogP contribution in [-0.2, 0) is 4.74 Å². The average Bonchev–Trinajstić information content (AvgIpc) is 2.54. The highest BCUT2D eigenvalue weighted by atomic mass is 16.5. The fraction of sp³-hybridized carbons (Fsp3) is 0.500. The lowest BCUT2D eigenvalue weighted by molar-refractivity contribution is 0.0755. The summed E-state index contributed by atoms with van der Waals surface area (Å²) in [4.78, 5) is 0. The fourth-order valence-electron chi connectivity index (χ4n) is 2.81. The third-order valence-corrected chi connectivity index (χ3v) is 4.04. The van der Waals surface area contributed by atoms with Crippen molar-refractivity contribution in [3.63, 3.8) is 0 Å². The van der Waals surface area contributed by atoms with Gasteiger partial charge in [0, 0.05) is 6.42 Å². The summed E-state index contributed by atoms with van der Waals surface area (Å²) in [5.74, 6) is 0.946. The fourth-order valence-corrected chi connectivity index (χ4v) is 2.81. The van der Waals surface area contributed by atoms with E-state index in [1.807, 2.05) is 12.1 Å². The Balaban J connectivity index is 1.67. The molecule has 0 saturated carbocycles. The minimum Gasteiger partial charge on any atom is -0.493 e. The van der Waals surface area contributed by atoms with Crippen LogP contribution in [0.3, 0.4) is 0 Å². The number of ether oxygens (including phenoxy) is 2. The number of rotatable bonds is 8. The predicted molar refractivity (Wildman–Crippen MR) is 92.4 cm³/mol. The Morgan fingerprint density at radius 3 is 2.64 bits per heavy atom. The molecule has 0 heterocycles. The van der Waals surface area contributed by atoms with Crippen LogP contribution in [0.15, 0.2) is 47.6 Å². The monoisotopic (exact) mass is 300 g/mol. The molecule has 22 heavy (non-hydrogen) atoms. The maximum Gasteiger partial charge on any atom is 0.119 e. The van der Waals surface area contributed by atoms with Crippen molar-refractivity contribution in [1.82, 2.24) is 0 Å². The molecule has 0 N–H and O–H groups in total. The largest absolute Gasteiger partial charge is 0.493 e. The quantitative estimate of drug-likeness (QED) is 0.612. The van der Waals surface area contributed by atoms with E-state index in [9.17, 15) is 0 Å². The topological polar surface area (TPSA) is 18.5 Å². The Hall–Kier alpha value is -1.54. The maximum absolute atomic E-state index is 5.97. The molecular formula is C20H28O2. The van der Waals surface area contributed by atoms with E-state index < -0.39 is 0 Å². The first kappa shape index (κ1) is 16.8. The van der Waals surface area contributed by atoms with Crippen molar-refractivity contribution in [1.29, 1.82) is 0 Å². The first-order valence-corrected chi connectivity index (χ1v) is 8.44. The molecule has 0 bridgehead atoms. The average molecular weight is 300 g/mol. The number of benzene rings is 1. The Morgan fingerprint density at radius 1 is 1.09 bits per heavy atom. The van der Waals surface area contributed by atoms with E-state index in [4.69, 9.17) is 9.47 Å². The summed E-state index contributed by atoms with van der Waals surface area (Å²) in [5.41, 5.74) is 4.17. The molecule has 1 aliphatic rings. The van der Waals surface area contributed by atoms with Gasteiger partial charge in [-0.05, 0) is 55.0 Å². The van der Waals surface area contributed by atoms with Crippen LogP contribution in [0.25, 0.3) is 0 Å². The van der Waals surface area contributed by atoms with E-state index in [2.05, 4.69) is 45.1 Å². The Labute approximate surface area is 134 Å². The van der Waals surface area contributed by atoms with Crippen molar-refractivity contribution >= 4 is 0 Å². The van der Waals surface area contributed by atoms with Gasteiger partial charge in [-0.15, -0.1) is 0 Å². The van der Waals surface area contributed by atoms with Gasteiger partial charge >= 0.3 is 0 Å². The zero-order chi connectivity index (χ0) is 15.8. The molecule has 0 fully saturated rings. The normalized spacial score (nSPS) is 17.9. The molecule has 2 heteroatoms. The van der Waals surface area contributed by atoms with E-state index in [0.29, 0.717) is 6.61 Å². The van der Waals surface area contributed by atoms with Gasteiger partial charge in [-0.2, -0.15) is 0 Å². The van der Waals surface area contributed by atoms with Crippen LogP contribution in [0, 0.1) is 6.92 Å². The number of allylic oxidation sites excluding steroid dienone is 2. The van der Waals surface area contributed by atoms with E-state index >= 15 is 0 Å². The predicted octanol–water partition coefficient (Wildman–Crippen LogP) is 5.23. The second kappa shape index (κ2) is 8.79. The molecular weight excluding hydrogens is 272 g/mol. The zero-order valence-electron chi connectivity index (χ0n) is 14.1. The van der Waals surface area contributed by atoms with Gasteiger partial charge in [0.1, 0.15) is 5.75 Å². The lowest BCUT2D eigenvalue weighted by Crippen LogP contribution is -2.16. The molecule has 0 saturated heterocycles. The Morgan fingerprint density at radius 2 is 1.91 bits per heavy atom. The maximum atomic E-state index is 5.97. The highest BCUT2D eigenvalue weighted by Crippen LogP contribution is 2.25. The third kappa shape index (κ3) is 5.03. The lowest BCUT2D eigenvalue weighted by Gasteiger charge is -2.21. The van der Waals surface area contributed by atoms with Gasteiger partial charge < -0.3 is 9.47 Å². The minimum atomic E-state index is 0.240. The molecule has 1 aromatic carbocycles. The summed E-state index contributed by atoms with van der Waals surface area (Å²) in [6.45, 7) is 7.97. The molecule has 0 aromatic heterocycles. The number of hydrogen-bond donors (Lipinski definition) is 0. The van der Waals surface area contributed by atoms with Crippen LogP contribution in [0.5, 0.6) is 5.75 Å². The van der Waals surface area contributed by atoms with Gasteiger partial charge in [0.2, 0.25) is 0 Å². The molecule has 1 atom stereocenters. The highest BCUT2D eigenvalue weighted by Gasteiger charge is 2.13. The lowest BCUT2D eigenvalue weighted by atomic mass is 9.93. The van der Waals surface area contributed by atoms with Crippen molar-refractivity contribution in [2.75, 3.05) is 13.2 Å². The van der Waals surface area contributed by atoms with E-state index in [1.54, 1.807) is 0 Å². The van der Waals surface area contributed by atoms with Gasteiger partial charge in [-0.1, -0.05) is 38.1 Å². The van der Waals surface area contributed by atoms with Gasteiger partial charge in [-0.3, -0.25) is 0 Å². The highest BCUT2D eigenvalue weighted by molar-refractivity contribution is 5.34. The summed E-state index contributed by atoms with van der Waals surface area (Å²) >= 11 is 0.